The first-order chi connectivity index (χ1) is 9.81. The molecule has 0 aromatic heterocycles. The van der Waals surface area contributed by atoms with Crippen molar-refractivity contribution in [3.8, 4) is 0 Å². The van der Waals surface area contributed by atoms with Crippen molar-refractivity contribution in [2.75, 3.05) is 11.1 Å². The standard InChI is InChI=1S/C13H7BrF4N2O/c14-5-3-7(16)10(8(17)4-5)13(21)20-12-9(19)2-1-6(15)11(12)18/h1-4H,19H2,(H,20,21). The zero-order chi connectivity index (χ0) is 15.7. The van der Waals surface area contributed by atoms with Gasteiger partial charge in [-0.2, -0.15) is 0 Å². The van der Waals surface area contributed by atoms with Gasteiger partial charge >= 0.3 is 0 Å². The minimum atomic E-state index is -1.42. The highest BCUT2D eigenvalue weighted by Gasteiger charge is 2.21. The van der Waals surface area contributed by atoms with Crippen molar-refractivity contribution in [3.63, 3.8) is 0 Å². The second-order valence-corrected chi connectivity index (χ2v) is 4.94. The van der Waals surface area contributed by atoms with E-state index in [0.29, 0.717) is 0 Å². The van der Waals surface area contributed by atoms with E-state index in [9.17, 15) is 22.4 Å². The lowest BCUT2D eigenvalue weighted by Crippen LogP contribution is -2.18. The van der Waals surface area contributed by atoms with Gasteiger partial charge in [-0.05, 0) is 24.3 Å². The number of amides is 1. The summed E-state index contributed by atoms with van der Waals surface area (Å²) < 4.78 is 53.9. The maximum Gasteiger partial charge on any atom is 0.261 e. The highest BCUT2D eigenvalue weighted by molar-refractivity contribution is 9.10. The molecule has 0 atom stereocenters. The minimum Gasteiger partial charge on any atom is -0.397 e. The summed E-state index contributed by atoms with van der Waals surface area (Å²) in [5.41, 5.74) is 3.51. The fourth-order valence-electron chi connectivity index (χ4n) is 1.63. The molecule has 0 radical (unpaired) electrons. The van der Waals surface area contributed by atoms with Gasteiger partial charge in [0.1, 0.15) is 22.9 Å². The number of benzene rings is 2. The largest absolute Gasteiger partial charge is 0.397 e. The van der Waals surface area contributed by atoms with Crippen LogP contribution < -0.4 is 11.1 Å². The second kappa shape index (κ2) is 5.72. The molecule has 2 aromatic carbocycles. The first kappa shape index (κ1) is 15.3. The Kier molecular flexibility index (Phi) is 4.17. The summed E-state index contributed by atoms with van der Waals surface area (Å²) in [6, 6.07) is 3.51. The summed E-state index contributed by atoms with van der Waals surface area (Å²) in [5.74, 6) is -6.27. The molecule has 0 aliphatic rings. The Morgan fingerprint density at radius 2 is 1.62 bits per heavy atom. The zero-order valence-corrected chi connectivity index (χ0v) is 11.8. The molecule has 0 bridgehead atoms. The molecule has 2 rings (SSSR count). The van der Waals surface area contributed by atoms with Gasteiger partial charge in [0.25, 0.3) is 5.91 Å². The monoisotopic (exact) mass is 362 g/mol. The van der Waals surface area contributed by atoms with Crippen molar-refractivity contribution < 1.29 is 22.4 Å². The maximum absolute atomic E-state index is 13.6. The second-order valence-electron chi connectivity index (χ2n) is 4.02. The van der Waals surface area contributed by atoms with E-state index in [4.69, 9.17) is 5.73 Å². The molecule has 2 aromatic rings. The molecule has 0 saturated carbocycles. The molecule has 110 valence electrons. The van der Waals surface area contributed by atoms with Gasteiger partial charge in [0.2, 0.25) is 0 Å². The van der Waals surface area contributed by atoms with E-state index in [1.165, 1.54) is 0 Å². The molecule has 0 heterocycles. The molecule has 0 spiro atoms. The quantitative estimate of drug-likeness (QED) is 0.629. The molecule has 0 aliphatic carbocycles. The van der Waals surface area contributed by atoms with E-state index in [0.717, 1.165) is 24.3 Å². The van der Waals surface area contributed by atoms with E-state index < -0.39 is 40.4 Å². The van der Waals surface area contributed by atoms with Crippen molar-refractivity contribution in [1.82, 2.24) is 0 Å². The lowest BCUT2D eigenvalue weighted by atomic mass is 10.1. The maximum atomic E-state index is 13.6. The number of rotatable bonds is 2. The van der Waals surface area contributed by atoms with Crippen LogP contribution in [-0.4, -0.2) is 5.91 Å². The van der Waals surface area contributed by atoms with Crippen LogP contribution >= 0.6 is 15.9 Å². The van der Waals surface area contributed by atoms with Crippen LogP contribution in [0.1, 0.15) is 10.4 Å². The van der Waals surface area contributed by atoms with Gasteiger partial charge in [0.15, 0.2) is 11.6 Å². The molecule has 0 unspecified atom stereocenters. The van der Waals surface area contributed by atoms with Crippen LogP contribution in [0.15, 0.2) is 28.7 Å². The summed E-state index contributed by atoms with van der Waals surface area (Å²) in [6.07, 6.45) is 0. The van der Waals surface area contributed by atoms with Crippen molar-refractivity contribution in [3.05, 3.63) is 57.6 Å². The average molecular weight is 363 g/mol. The molecule has 3 nitrogen and oxygen atoms in total. The highest BCUT2D eigenvalue weighted by atomic mass is 79.9. The Morgan fingerprint density at radius 1 is 1.05 bits per heavy atom. The highest BCUT2D eigenvalue weighted by Crippen LogP contribution is 2.26. The van der Waals surface area contributed by atoms with E-state index >= 15 is 0 Å². The lowest BCUT2D eigenvalue weighted by Gasteiger charge is -2.11. The van der Waals surface area contributed by atoms with Crippen LogP contribution in [0, 0.1) is 23.3 Å². The number of nitrogens with one attached hydrogen (secondary N) is 1. The number of hydrogen-bond acceptors (Lipinski definition) is 2. The molecule has 8 heteroatoms. The van der Waals surface area contributed by atoms with Gasteiger partial charge in [0, 0.05) is 4.47 Å². The molecule has 0 saturated heterocycles. The predicted molar refractivity (Wildman–Crippen MR) is 72.8 cm³/mol. The first-order valence-corrected chi connectivity index (χ1v) is 6.30. The number of nitrogens with two attached hydrogens (primary N) is 1. The van der Waals surface area contributed by atoms with Gasteiger partial charge in [0.05, 0.1) is 5.69 Å². The Labute approximate surface area is 124 Å². The molecule has 0 aliphatic heterocycles. The average Bonchev–Trinajstić information content (AvgIpc) is 2.38. The van der Waals surface area contributed by atoms with Crippen molar-refractivity contribution in [2.24, 2.45) is 0 Å². The number of nitrogen functional groups attached to an aromatic ring is 1. The van der Waals surface area contributed by atoms with E-state index in [-0.39, 0.29) is 10.2 Å². The first-order valence-electron chi connectivity index (χ1n) is 5.50. The van der Waals surface area contributed by atoms with Crippen LogP contribution in [0.5, 0.6) is 0 Å². The smallest absolute Gasteiger partial charge is 0.261 e. The van der Waals surface area contributed by atoms with Crippen LogP contribution in [-0.2, 0) is 0 Å². The van der Waals surface area contributed by atoms with E-state index in [1.54, 1.807) is 0 Å². The van der Waals surface area contributed by atoms with Crippen molar-refractivity contribution in [1.29, 1.82) is 0 Å². The molecule has 3 N–H and O–H groups in total. The Bertz CT molecular complexity index is 713. The molecule has 0 fully saturated rings. The normalized spacial score (nSPS) is 10.5. The van der Waals surface area contributed by atoms with Gasteiger partial charge < -0.3 is 11.1 Å². The van der Waals surface area contributed by atoms with E-state index in [2.05, 4.69) is 15.9 Å². The number of carbonyl (C=O) groups is 1. The van der Waals surface area contributed by atoms with E-state index in [1.807, 2.05) is 5.32 Å². The van der Waals surface area contributed by atoms with Gasteiger partial charge in [-0.3, -0.25) is 4.79 Å². The van der Waals surface area contributed by atoms with Crippen LogP contribution in [0.4, 0.5) is 28.9 Å². The summed E-state index contributed by atoms with van der Waals surface area (Å²) in [4.78, 5) is 11.8. The van der Waals surface area contributed by atoms with Crippen molar-refractivity contribution >= 4 is 33.2 Å². The molecule has 1 amide bonds. The number of hydrogen-bond donors (Lipinski definition) is 2. The number of anilines is 2. The fourth-order valence-corrected chi connectivity index (χ4v) is 2.03. The molecular weight excluding hydrogens is 356 g/mol. The molecule has 21 heavy (non-hydrogen) atoms. The van der Waals surface area contributed by atoms with Crippen LogP contribution in [0.3, 0.4) is 0 Å². The van der Waals surface area contributed by atoms with Crippen LogP contribution in [0.25, 0.3) is 0 Å². The minimum absolute atomic E-state index is 0.0884. The topological polar surface area (TPSA) is 55.1 Å². The van der Waals surface area contributed by atoms with Gasteiger partial charge in [-0.25, -0.2) is 17.6 Å². The number of carbonyl (C=O) groups excluding carboxylic acids is 1. The Balaban J connectivity index is 2.42. The van der Waals surface area contributed by atoms with Gasteiger partial charge in [-0.15, -0.1) is 0 Å². The molecular formula is C13H7BrF4N2O. The fraction of sp³-hybridized carbons (Fsp3) is 0. The third kappa shape index (κ3) is 2.99. The third-order valence-corrected chi connectivity index (χ3v) is 3.06. The summed E-state index contributed by atoms with van der Waals surface area (Å²) in [6.45, 7) is 0. The summed E-state index contributed by atoms with van der Waals surface area (Å²) >= 11 is 2.85. The predicted octanol–water partition coefficient (Wildman–Crippen LogP) is 3.84. The third-order valence-electron chi connectivity index (χ3n) is 2.60. The Hall–Kier alpha value is -2.09. The summed E-state index contributed by atoms with van der Waals surface area (Å²) in [7, 11) is 0. The summed E-state index contributed by atoms with van der Waals surface area (Å²) in [5, 5.41) is 1.86. The van der Waals surface area contributed by atoms with Crippen LogP contribution in [0.2, 0.25) is 0 Å². The number of halogens is 5. The van der Waals surface area contributed by atoms with Gasteiger partial charge in [-0.1, -0.05) is 15.9 Å². The zero-order valence-electron chi connectivity index (χ0n) is 10.2. The SMILES string of the molecule is Nc1ccc(F)c(F)c1NC(=O)c1c(F)cc(Br)cc1F. The van der Waals surface area contributed by atoms with Crippen molar-refractivity contribution in [2.45, 2.75) is 0 Å². The lowest BCUT2D eigenvalue weighted by molar-refractivity contribution is 0.101. The Morgan fingerprint density at radius 3 is 2.19 bits per heavy atom.